The Bertz CT molecular complexity index is 870. The van der Waals surface area contributed by atoms with Crippen LogP contribution in [0, 0.1) is 0 Å². The first kappa shape index (κ1) is 19.4. The van der Waals surface area contributed by atoms with Gasteiger partial charge in [-0.25, -0.2) is 4.79 Å². The molecule has 0 bridgehead atoms. The Morgan fingerprint density at radius 1 is 0.967 bits per heavy atom. The molecular weight excluding hydrogens is 378 g/mol. The maximum Gasteiger partial charge on any atom is 0.320 e. The highest BCUT2D eigenvalue weighted by Gasteiger charge is 2.36. The van der Waals surface area contributed by atoms with Gasteiger partial charge in [-0.1, -0.05) is 18.6 Å². The summed E-state index contributed by atoms with van der Waals surface area (Å²) in [4.78, 5) is 19.4. The van der Waals surface area contributed by atoms with Gasteiger partial charge >= 0.3 is 6.03 Å². The van der Waals surface area contributed by atoms with Gasteiger partial charge in [-0.15, -0.1) is 0 Å². The van der Waals surface area contributed by atoms with Gasteiger partial charge in [0, 0.05) is 51.0 Å². The van der Waals surface area contributed by atoms with E-state index in [1.807, 2.05) is 41.4 Å². The van der Waals surface area contributed by atoms with E-state index >= 15 is 0 Å². The number of benzene rings is 1. The molecule has 2 saturated heterocycles. The van der Waals surface area contributed by atoms with Gasteiger partial charge in [0.1, 0.15) is 11.9 Å². The molecule has 2 aromatic rings. The summed E-state index contributed by atoms with van der Waals surface area (Å²) < 4.78 is 7.87. The van der Waals surface area contributed by atoms with Crippen LogP contribution in [-0.2, 0) is 7.05 Å². The lowest BCUT2D eigenvalue weighted by molar-refractivity contribution is 0.0308. The number of hydrogen-bond donors (Lipinski definition) is 0. The lowest BCUT2D eigenvalue weighted by atomic mass is 9.91. The van der Waals surface area contributed by atoms with Crippen molar-refractivity contribution < 1.29 is 9.53 Å². The van der Waals surface area contributed by atoms with Crippen molar-refractivity contribution in [3.8, 4) is 16.9 Å². The zero-order valence-electron chi connectivity index (χ0n) is 17.7. The van der Waals surface area contributed by atoms with Gasteiger partial charge < -0.3 is 14.5 Å². The van der Waals surface area contributed by atoms with Gasteiger partial charge in [0.2, 0.25) is 0 Å². The van der Waals surface area contributed by atoms with E-state index in [0.29, 0.717) is 13.1 Å². The summed E-state index contributed by atoms with van der Waals surface area (Å²) in [5.41, 5.74) is 2.22. The Morgan fingerprint density at radius 2 is 1.77 bits per heavy atom. The monoisotopic (exact) mass is 409 g/mol. The predicted octanol–water partition coefficient (Wildman–Crippen LogP) is 2.83. The van der Waals surface area contributed by atoms with Crippen molar-refractivity contribution in [3.05, 3.63) is 36.7 Å². The molecule has 0 radical (unpaired) electrons. The zero-order valence-corrected chi connectivity index (χ0v) is 17.7. The molecule has 3 heterocycles. The predicted molar refractivity (Wildman–Crippen MR) is 115 cm³/mol. The van der Waals surface area contributed by atoms with Crippen molar-refractivity contribution in [1.29, 1.82) is 0 Å². The van der Waals surface area contributed by atoms with Gasteiger partial charge in [0.05, 0.1) is 19.3 Å². The average molecular weight is 410 g/mol. The minimum absolute atomic E-state index is 0.0802. The quantitative estimate of drug-likeness (QED) is 0.779. The van der Waals surface area contributed by atoms with Crippen molar-refractivity contribution in [3.63, 3.8) is 0 Å². The van der Waals surface area contributed by atoms with E-state index in [2.05, 4.69) is 22.1 Å². The number of aromatic nitrogens is 2. The van der Waals surface area contributed by atoms with Crippen molar-refractivity contribution in [1.82, 2.24) is 24.5 Å². The minimum atomic E-state index is 0.0802. The minimum Gasteiger partial charge on any atom is -0.487 e. The van der Waals surface area contributed by atoms with E-state index in [1.165, 1.54) is 19.3 Å². The van der Waals surface area contributed by atoms with Crippen LogP contribution in [0.2, 0.25) is 0 Å². The Labute approximate surface area is 178 Å². The smallest absolute Gasteiger partial charge is 0.320 e. The lowest BCUT2D eigenvalue weighted by Crippen LogP contribution is -2.60. The van der Waals surface area contributed by atoms with E-state index in [4.69, 9.17) is 4.74 Å². The third-order valence-corrected chi connectivity index (χ3v) is 6.71. The molecule has 3 aliphatic rings. The Morgan fingerprint density at radius 3 is 2.43 bits per heavy atom. The van der Waals surface area contributed by atoms with E-state index in [-0.39, 0.29) is 12.1 Å². The molecule has 30 heavy (non-hydrogen) atoms. The maximum absolute atomic E-state index is 12.9. The average Bonchev–Trinajstić information content (AvgIpc) is 2.97. The van der Waals surface area contributed by atoms with E-state index < -0.39 is 0 Å². The molecule has 1 aromatic carbocycles. The number of urea groups is 1. The van der Waals surface area contributed by atoms with Crippen molar-refractivity contribution in [2.75, 3.05) is 39.3 Å². The number of ether oxygens (including phenoxy) is 1. The largest absolute Gasteiger partial charge is 0.487 e. The number of carbonyl (C=O) groups excluding carboxylic acids is 1. The molecule has 2 aliphatic heterocycles. The molecule has 0 atom stereocenters. The highest BCUT2D eigenvalue weighted by molar-refractivity contribution is 5.75. The summed E-state index contributed by atoms with van der Waals surface area (Å²) in [6, 6.07) is 9.05. The molecule has 1 aliphatic carbocycles. The molecule has 3 fully saturated rings. The molecule has 5 rings (SSSR count). The van der Waals surface area contributed by atoms with Gasteiger partial charge in [-0.2, -0.15) is 5.10 Å². The summed E-state index contributed by atoms with van der Waals surface area (Å²) >= 11 is 0. The van der Waals surface area contributed by atoms with Crippen LogP contribution in [0.1, 0.15) is 25.7 Å². The first-order chi connectivity index (χ1) is 14.7. The van der Waals surface area contributed by atoms with Crippen LogP contribution in [0.5, 0.6) is 5.75 Å². The van der Waals surface area contributed by atoms with Crippen LogP contribution in [0.15, 0.2) is 36.7 Å². The van der Waals surface area contributed by atoms with Crippen LogP contribution < -0.4 is 4.74 Å². The Kier molecular flexibility index (Phi) is 5.37. The molecule has 7 heteroatoms. The lowest BCUT2D eigenvalue weighted by Gasteiger charge is -2.41. The molecule has 1 aromatic heterocycles. The maximum atomic E-state index is 12.9. The summed E-state index contributed by atoms with van der Waals surface area (Å²) in [6.07, 6.45) is 9.06. The highest BCUT2D eigenvalue weighted by atomic mass is 16.5. The van der Waals surface area contributed by atoms with Crippen molar-refractivity contribution in [2.24, 2.45) is 7.05 Å². The number of aryl methyl sites for hydroxylation is 1. The second-order valence-corrected chi connectivity index (χ2v) is 8.82. The van der Waals surface area contributed by atoms with Crippen molar-refractivity contribution in [2.45, 2.75) is 37.8 Å². The standard InChI is InChI=1S/C23H31N5O2/c1-25-15-19(14-24-25)18-6-8-21(9-7-18)30-22-16-28(17-22)23(29)27-11-3-10-26(12-13-27)20-4-2-5-20/h6-9,14-15,20,22H,2-5,10-13,16-17H2,1H3. The van der Waals surface area contributed by atoms with Crippen LogP contribution in [-0.4, -0.2) is 81.9 Å². The number of nitrogens with zero attached hydrogens (tertiary/aromatic N) is 5. The summed E-state index contributed by atoms with van der Waals surface area (Å²) in [5.74, 6) is 0.852. The first-order valence-corrected chi connectivity index (χ1v) is 11.2. The third kappa shape index (κ3) is 4.03. The number of likely N-dealkylation sites (tertiary alicyclic amines) is 1. The number of amides is 2. The molecule has 160 valence electrons. The Hall–Kier alpha value is -2.54. The molecular formula is C23H31N5O2. The van der Waals surface area contributed by atoms with Gasteiger partial charge in [0.25, 0.3) is 0 Å². The van der Waals surface area contributed by atoms with Crippen molar-refractivity contribution >= 4 is 6.03 Å². The number of rotatable bonds is 4. The summed E-state index contributed by atoms with van der Waals surface area (Å²) in [7, 11) is 1.92. The molecule has 1 saturated carbocycles. The van der Waals surface area contributed by atoms with E-state index in [1.54, 1.807) is 4.68 Å². The molecule has 0 unspecified atom stereocenters. The first-order valence-electron chi connectivity index (χ1n) is 11.2. The fourth-order valence-electron chi connectivity index (χ4n) is 4.60. The molecule has 2 amide bonds. The number of carbonyl (C=O) groups is 1. The highest BCUT2D eigenvalue weighted by Crippen LogP contribution is 2.27. The van der Waals surface area contributed by atoms with Gasteiger partial charge in [0.15, 0.2) is 0 Å². The SMILES string of the molecule is Cn1cc(-c2ccc(OC3CN(C(=O)N4CCCN(C5CCC5)CC4)C3)cc2)cn1. The van der Waals surface area contributed by atoms with Gasteiger partial charge in [-0.3, -0.25) is 9.58 Å². The zero-order chi connectivity index (χ0) is 20.5. The normalized spacial score (nSPS) is 21.1. The van der Waals surface area contributed by atoms with E-state index in [0.717, 1.165) is 55.5 Å². The summed E-state index contributed by atoms with van der Waals surface area (Å²) in [6.45, 7) is 5.23. The van der Waals surface area contributed by atoms with Crippen LogP contribution in [0.25, 0.3) is 11.1 Å². The van der Waals surface area contributed by atoms with Gasteiger partial charge in [-0.05, 0) is 37.0 Å². The molecule has 0 spiro atoms. The van der Waals surface area contributed by atoms with Crippen LogP contribution in [0.3, 0.4) is 0 Å². The summed E-state index contributed by atoms with van der Waals surface area (Å²) in [5, 5.41) is 4.22. The third-order valence-electron chi connectivity index (χ3n) is 6.71. The van der Waals surface area contributed by atoms with E-state index in [9.17, 15) is 4.79 Å². The molecule has 0 N–H and O–H groups in total. The van der Waals surface area contributed by atoms with Crippen LogP contribution in [0.4, 0.5) is 4.79 Å². The topological polar surface area (TPSA) is 53.8 Å². The second kappa shape index (κ2) is 8.30. The fourth-order valence-corrected chi connectivity index (χ4v) is 4.60. The molecule has 7 nitrogen and oxygen atoms in total. The second-order valence-electron chi connectivity index (χ2n) is 8.82. The Balaban J connectivity index is 1.09. The van der Waals surface area contributed by atoms with Crippen LogP contribution >= 0.6 is 0 Å². The fraction of sp³-hybridized carbons (Fsp3) is 0.565. The number of hydrogen-bond acceptors (Lipinski definition) is 4.